The number of thioether (sulfide) groups is 1. The van der Waals surface area contributed by atoms with Gasteiger partial charge in [0.25, 0.3) is 0 Å². The molecule has 2 heterocycles. The van der Waals surface area contributed by atoms with E-state index in [2.05, 4.69) is 5.32 Å². The van der Waals surface area contributed by atoms with Gasteiger partial charge in [-0.3, -0.25) is 9.59 Å². The van der Waals surface area contributed by atoms with Gasteiger partial charge in [0.1, 0.15) is 0 Å². The topological polar surface area (TPSA) is 66.4 Å². The Kier molecular flexibility index (Phi) is 3.74. The van der Waals surface area contributed by atoms with Crippen LogP contribution < -0.4 is 5.32 Å². The summed E-state index contributed by atoms with van der Waals surface area (Å²) in [5.74, 6) is 0.989. The predicted molar refractivity (Wildman–Crippen MR) is 62.4 cm³/mol. The third-order valence-electron chi connectivity index (χ3n) is 3.38. The maximum absolute atomic E-state index is 11.2. The van der Waals surface area contributed by atoms with Gasteiger partial charge in [0.05, 0.1) is 0 Å². The minimum Gasteiger partial charge on any atom is -0.481 e. The molecule has 3 atom stereocenters. The molecule has 2 aliphatic rings. The number of hydrogen-bond donors (Lipinski definition) is 2. The minimum atomic E-state index is -0.713. The van der Waals surface area contributed by atoms with Crippen molar-refractivity contribution in [2.75, 3.05) is 5.75 Å². The van der Waals surface area contributed by atoms with E-state index in [1.807, 2.05) is 11.8 Å². The molecule has 0 unspecified atom stereocenters. The summed E-state index contributed by atoms with van der Waals surface area (Å²) in [5, 5.41) is 12.1. The van der Waals surface area contributed by atoms with Crippen molar-refractivity contribution in [1.29, 1.82) is 0 Å². The quantitative estimate of drug-likeness (QED) is 0.713. The summed E-state index contributed by atoms with van der Waals surface area (Å²) in [7, 11) is 0. The largest absolute Gasteiger partial charge is 0.481 e. The summed E-state index contributed by atoms with van der Waals surface area (Å²) in [6.45, 7) is 0. The zero-order chi connectivity index (χ0) is 11.5. The van der Waals surface area contributed by atoms with Gasteiger partial charge in [0, 0.05) is 35.8 Å². The van der Waals surface area contributed by atoms with Gasteiger partial charge in [-0.15, -0.1) is 0 Å². The second-order valence-corrected chi connectivity index (χ2v) is 5.83. The first-order valence-corrected chi connectivity index (χ1v) is 6.84. The van der Waals surface area contributed by atoms with Crippen molar-refractivity contribution in [2.45, 2.75) is 43.4 Å². The van der Waals surface area contributed by atoms with Crippen molar-refractivity contribution >= 4 is 23.6 Å². The van der Waals surface area contributed by atoms with Gasteiger partial charge in [0.2, 0.25) is 5.91 Å². The highest BCUT2D eigenvalue weighted by Crippen LogP contribution is 2.40. The number of carbonyl (C=O) groups is 2. The molecule has 2 N–H and O–H groups in total. The number of carboxylic acids is 1. The highest BCUT2D eigenvalue weighted by atomic mass is 32.2. The van der Waals surface area contributed by atoms with E-state index >= 15 is 0 Å². The van der Waals surface area contributed by atoms with E-state index in [-0.39, 0.29) is 12.3 Å². The molecule has 1 amide bonds. The fraction of sp³-hybridized carbons (Fsp3) is 0.818. The van der Waals surface area contributed by atoms with Gasteiger partial charge in [-0.2, -0.15) is 11.8 Å². The monoisotopic (exact) mass is 243 g/mol. The second-order valence-electron chi connectivity index (χ2n) is 4.55. The normalized spacial score (nSPS) is 32.5. The van der Waals surface area contributed by atoms with Gasteiger partial charge in [0.15, 0.2) is 0 Å². The van der Waals surface area contributed by atoms with Crippen molar-refractivity contribution in [3.8, 4) is 0 Å². The molecular weight excluding hydrogens is 226 g/mol. The van der Waals surface area contributed by atoms with E-state index in [9.17, 15) is 9.59 Å². The zero-order valence-corrected chi connectivity index (χ0v) is 9.96. The molecule has 2 saturated heterocycles. The lowest BCUT2D eigenvalue weighted by molar-refractivity contribution is -0.137. The van der Waals surface area contributed by atoms with Crippen molar-refractivity contribution in [3.63, 3.8) is 0 Å². The van der Waals surface area contributed by atoms with Crippen LogP contribution in [0.25, 0.3) is 0 Å². The SMILES string of the molecule is O=C(O)CCCC[C@H]1SC[C@H]2NC(=O)C[C@H]21. The number of carboxylic acid groups (broad SMARTS) is 1. The molecule has 0 spiro atoms. The first-order chi connectivity index (χ1) is 7.66. The summed E-state index contributed by atoms with van der Waals surface area (Å²) >= 11 is 1.93. The zero-order valence-electron chi connectivity index (χ0n) is 9.15. The number of amides is 1. The van der Waals surface area contributed by atoms with Crippen molar-refractivity contribution < 1.29 is 14.7 Å². The fourth-order valence-corrected chi connectivity index (χ4v) is 4.21. The van der Waals surface area contributed by atoms with E-state index in [1.54, 1.807) is 0 Å². The standard InChI is InChI=1S/C11H17NO3S/c13-10-5-7-8(12-10)6-16-9(7)3-1-2-4-11(14)15/h7-9H,1-6H2,(H,12,13)(H,14,15)/t7-,8-,9-/m1/s1. The molecule has 0 bridgehead atoms. The molecule has 16 heavy (non-hydrogen) atoms. The Morgan fingerprint density at radius 1 is 1.50 bits per heavy atom. The van der Waals surface area contributed by atoms with Crippen LogP contribution in [0.4, 0.5) is 0 Å². The van der Waals surface area contributed by atoms with Gasteiger partial charge in [-0.05, 0) is 12.8 Å². The van der Waals surface area contributed by atoms with E-state index in [4.69, 9.17) is 5.11 Å². The fourth-order valence-electron chi connectivity index (χ4n) is 2.55. The molecule has 2 fully saturated rings. The van der Waals surface area contributed by atoms with Gasteiger partial charge in [-0.1, -0.05) is 6.42 Å². The molecule has 0 saturated carbocycles. The Bertz CT molecular complexity index is 295. The summed E-state index contributed by atoms with van der Waals surface area (Å²) < 4.78 is 0. The number of aliphatic carboxylic acids is 1. The molecule has 2 aliphatic heterocycles. The van der Waals surface area contributed by atoms with E-state index in [1.165, 1.54) is 0 Å². The Balaban J connectivity index is 1.70. The third kappa shape index (κ3) is 2.70. The second kappa shape index (κ2) is 5.08. The lowest BCUT2D eigenvalue weighted by Crippen LogP contribution is -2.29. The van der Waals surface area contributed by atoms with Crippen LogP contribution >= 0.6 is 11.8 Å². The van der Waals surface area contributed by atoms with Crippen molar-refractivity contribution in [1.82, 2.24) is 5.32 Å². The van der Waals surface area contributed by atoms with Gasteiger partial charge in [-0.25, -0.2) is 0 Å². The van der Waals surface area contributed by atoms with Crippen LogP contribution in [0, 0.1) is 5.92 Å². The molecule has 2 rings (SSSR count). The van der Waals surface area contributed by atoms with Crippen LogP contribution in [0.2, 0.25) is 0 Å². The predicted octanol–water partition coefficient (Wildman–Crippen LogP) is 1.25. The summed E-state index contributed by atoms with van der Waals surface area (Å²) in [5.41, 5.74) is 0. The Labute approximate surface area is 99.2 Å². The molecule has 0 aromatic rings. The third-order valence-corrected chi connectivity index (χ3v) is 4.95. The lowest BCUT2D eigenvalue weighted by Gasteiger charge is -2.15. The van der Waals surface area contributed by atoms with Gasteiger partial charge >= 0.3 is 5.97 Å². The maximum Gasteiger partial charge on any atom is 0.303 e. The minimum absolute atomic E-state index is 0.186. The van der Waals surface area contributed by atoms with E-state index in [0.29, 0.717) is 23.6 Å². The molecule has 90 valence electrons. The smallest absolute Gasteiger partial charge is 0.303 e. The molecule has 0 aromatic heterocycles. The summed E-state index contributed by atoms with van der Waals surface area (Å²) in [6.07, 6.45) is 3.70. The summed E-state index contributed by atoms with van der Waals surface area (Å²) in [4.78, 5) is 21.6. The van der Waals surface area contributed by atoms with Crippen LogP contribution in [-0.4, -0.2) is 34.0 Å². The van der Waals surface area contributed by atoms with Crippen molar-refractivity contribution in [2.24, 2.45) is 5.92 Å². The maximum atomic E-state index is 11.2. The average Bonchev–Trinajstić information content (AvgIpc) is 2.72. The highest BCUT2D eigenvalue weighted by Gasteiger charge is 2.42. The van der Waals surface area contributed by atoms with Gasteiger partial charge < -0.3 is 10.4 Å². The van der Waals surface area contributed by atoms with Crippen LogP contribution in [0.3, 0.4) is 0 Å². The number of carbonyl (C=O) groups excluding carboxylic acids is 1. The number of rotatable bonds is 5. The van der Waals surface area contributed by atoms with E-state index < -0.39 is 5.97 Å². The number of nitrogens with one attached hydrogen (secondary N) is 1. The molecule has 0 aliphatic carbocycles. The molecule has 0 aromatic carbocycles. The molecule has 5 heteroatoms. The van der Waals surface area contributed by atoms with Crippen LogP contribution in [-0.2, 0) is 9.59 Å². The molecule has 0 radical (unpaired) electrons. The summed E-state index contributed by atoms with van der Waals surface area (Å²) in [6, 6.07) is 0.377. The van der Waals surface area contributed by atoms with Crippen LogP contribution in [0.1, 0.15) is 32.1 Å². The van der Waals surface area contributed by atoms with E-state index in [0.717, 1.165) is 25.0 Å². The Morgan fingerprint density at radius 3 is 3.06 bits per heavy atom. The molecular formula is C11H17NO3S. The molecule has 4 nitrogen and oxygen atoms in total. The van der Waals surface area contributed by atoms with Crippen LogP contribution in [0.15, 0.2) is 0 Å². The Morgan fingerprint density at radius 2 is 2.31 bits per heavy atom. The first-order valence-electron chi connectivity index (χ1n) is 5.79. The number of fused-ring (bicyclic) bond motifs is 1. The Hall–Kier alpha value is -0.710. The lowest BCUT2D eigenvalue weighted by atomic mass is 9.94. The number of unbranched alkanes of at least 4 members (excludes halogenated alkanes) is 1. The highest BCUT2D eigenvalue weighted by molar-refractivity contribution is 8.00. The number of hydrogen-bond acceptors (Lipinski definition) is 3. The average molecular weight is 243 g/mol. The first kappa shape index (κ1) is 11.8. The van der Waals surface area contributed by atoms with Crippen molar-refractivity contribution in [3.05, 3.63) is 0 Å². The van der Waals surface area contributed by atoms with Crippen LogP contribution in [0.5, 0.6) is 0 Å².